The number of hydrogen-bond acceptors (Lipinski definition) is 5. The van der Waals surface area contributed by atoms with Gasteiger partial charge in [0, 0.05) is 12.4 Å². The van der Waals surface area contributed by atoms with Gasteiger partial charge in [-0.05, 0) is 19.1 Å². The van der Waals surface area contributed by atoms with E-state index >= 15 is 0 Å². The van der Waals surface area contributed by atoms with E-state index in [0.29, 0.717) is 23.9 Å². The van der Waals surface area contributed by atoms with Crippen molar-refractivity contribution in [3.8, 4) is 0 Å². The number of benzene rings is 1. The van der Waals surface area contributed by atoms with Crippen molar-refractivity contribution in [1.82, 2.24) is 0 Å². The van der Waals surface area contributed by atoms with Crippen molar-refractivity contribution >= 4 is 23.1 Å². The molecule has 1 aromatic carbocycles. The Kier molecular flexibility index (Phi) is 5.07. The monoisotopic (exact) mass is 242 g/mol. The summed E-state index contributed by atoms with van der Waals surface area (Å²) in [6.07, 6.45) is 0. The molecule has 0 radical (unpaired) electrons. The molecule has 0 aliphatic rings. The normalized spacial score (nSPS) is 10.3. The van der Waals surface area contributed by atoms with Crippen molar-refractivity contribution in [3.63, 3.8) is 0 Å². The summed E-state index contributed by atoms with van der Waals surface area (Å²) in [5, 5.41) is 10.8. The molecule has 0 unspecified atom stereocenters. The van der Waals surface area contributed by atoms with Crippen LogP contribution >= 0.6 is 11.8 Å². The Labute approximate surface area is 98.1 Å². The van der Waals surface area contributed by atoms with Gasteiger partial charge in [-0.25, -0.2) is 0 Å². The molecule has 6 heteroatoms. The highest BCUT2D eigenvalue weighted by atomic mass is 32.2. The zero-order valence-electron chi connectivity index (χ0n) is 9.01. The van der Waals surface area contributed by atoms with E-state index in [9.17, 15) is 10.1 Å². The Morgan fingerprint density at radius 1 is 1.56 bits per heavy atom. The largest absolute Gasteiger partial charge is 0.393 e. The van der Waals surface area contributed by atoms with Crippen molar-refractivity contribution in [1.29, 1.82) is 0 Å². The molecule has 0 aliphatic heterocycles. The third kappa shape index (κ3) is 3.39. The Morgan fingerprint density at radius 2 is 2.31 bits per heavy atom. The molecule has 2 N–H and O–H groups in total. The number of nitrogens with two attached hydrogens (primary N) is 1. The average molecular weight is 242 g/mol. The first-order chi connectivity index (χ1) is 7.66. The fourth-order valence-corrected chi connectivity index (χ4v) is 2.13. The minimum Gasteiger partial charge on any atom is -0.393 e. The van der Waals surface area contributed by atoms with Gasteiger partial charge in [-0.1, -0.05) is 6.07 Å². The van der Waals surface area contributed by atoms with Crippen LogP contribution in [0.15, 0.2) is 23.1 Å². The maximum atomic E-state index is 10.8. The van der Waals surface area contributed by atoms with E-state index < -0.39 is 4.92 Å². The molecule has 16 heavy (non-hydrogen) atoms. The van der Waals surface area contributed by atoms with Crippen LogP contribution in [0, 0.1) is 10.1 Å². The molecule has 0 amide bonds. The summed E-state index contributed by atoms with van der Waals surface area (Å²) < 4.78 is 5.16. The predicted octanol–water partition coefficient (Wildman–Crippen LogP) is 2.31. The number of hydrogen-bond donors (Lipinski definition) is 1. The maximum absolute atomic E-state index is 10.8. The lowest BCUT2D eigenvalue weighted by molar-refractivity contribution is -0.386. The van der Waals surface area contributed by atoms with E-state index in [0.717, 1.165) is 0 Å². The van der Waals surface area contributed by atoms with E-state index in [1.54, 1.807) is 12.1 Å². The lowest BCUT2D eigenvalue weighted by Gasteiger charge is -2.04. The highest BCUT2D eigenvalue weighted by molar-refractivity contribution is 7.99. The Hall–Kier alpha value is -1.27. The van der Waals surface area contributed by atoms with Crippen LogP contribution in [-0.2, 0) is 4.74 Å². The summed E-state index contributed by atoms with van der Waals surface area (Å²) in [7, 11) is 0. The molecule has 0 saturated heterocycles. The fraction of sp³-hybridized carbons (Fsp3) is 0.400. The summed E-state index contributed by atoms with van der Waals surface area (Å²) in [5.41, 5.74) is 5.76. The summed E-state index contributed by atoms with van der Waals surface area (Å²) in [6.45, 7) is 3.14. The molecule has 0 aromatic heterocycles. The summed E-state index contributed by atoms with van der Waals surface area (Å²) in [5.74, 6) is 0.679. The van der Waals surface area contributed by atoms with Crippen LogP contribution in [-0.4, -0.2) is 23.9 Å². The SMILES string of the molecule is CCOCCSc1cccc(N)c1[N+](=O)[O-]. The molecule has 0 spiro atoms. The van der Waals surface area contributed by atoms with Gasteiger partial charge in [0.1, 0.15) is 5.69 Å². The van der Waals surface area contributed by atoms with E-state index in [-0.39, 0.29) is 11.4 Å². The standard InChI is InChI=1S/C10H14N2O3S/c1-2-15-6-7-16-9-5-3-4-8(11)10(9)12(13)14/h3-5H,2,6-7,11H2,1H3. The second kappa shape index (κ2) is 6.34. The first-order valence-electron chi connectivity index (χ1n) is 4.90. The summed E-state index contributed by atoms with van der Waals surface area (Å²) >= 11 is 1.38. The molecule has 0 heterocycles. The molecular weight excluding hydrogens is 228 g/mol. The first kappa shape index (κ1) is 12.8. The van der Waals surface area contributed by atoms with Gasteiger partial charge in [-0.15, -0.1) is 11.8 Å². The lowest BCUT2D eigenvalue weighted by atomic mass is 10.3. The van der Waals surface area contributed by atoms with Gasteiger partial charge in [-0.2, -0.15) is 0 Å². The second-order valence-corrected chi connectivity index (χ2v) is 4.13. The number of para-hydroxylation sites is 1. The number of anilines is 1. The third-order valence-electron chi connectivity index (χ3n) is 1.90. The third-order valence-corrected chi connectivity index (χ3v) is 2.91. The van der Waals surface area contributed by atoms with Crippen molar-refractivity contribution in [2.75, 3.05) is 24.7 Å². The molecule has 5 nitrogen and oxygen atoms in total. The summed E-state index contributed by atoms with van der Waals surface area (Å²) in [4.78, 5) is 11.0. The van der Waals surface area contributed by atoms with Gasteiger partial charge in [-0.3, -0.25) is 10.1 Å². The van der Waals surface area contributed by atoms with Crippen LogP contribution in [0.1, 0.15) is 6.92 Å². The first-order valence-corrected chi connectivity index (χ1v) is 5.88. The van der Waals surface area contributed by atoms with Crippen molar-refractivity contribution in [2.24, 2.45) is 0 Å². The highest BCUT2D eigenvalue weighted by Gasteiger charge is 2.17. The number of ether oxygens (including phenoxy) is 1. The van der Waals surface area contributed by atoms with Crippen LogP contribution in [0.5, 0.6) is 0 Å². The van der Waals surface area contributed by atoms with Crippen molar-refractivity contribution in [2.45, 2.75) is 11.8 Å². The fourth-order valence-electron chi connectivity index (χ4n) is 1.21. The Bertz CT molecular complexity index is 371. The highest BCUT2D eigenvalue weighted by Crippen LogP contribution is 2.33. The minimum atomic E-state index is -0.446. The lowest BCUT2D eigenvalue weighted by Crippen LogP contribution is -1.99. The van der Waals surface area contributed by atoms with E-state index in [1.165, 1.54) is 17.8 Å². The van der Waals surface area contributed by atoms with Gasteiger partial charge in [0.25, 0.3) is 0 Å². The molecule has 0 aliphatic carbocycles. The van der Waals surface area contributed by atoms with Gasteiger partial charge in [0.05, 0.1) is 16.4 Å². The Balaban J connectivity index is 2.71. The zero-order valence-corrected chi connectivity index (χ0v) is 9.83. The quantitative estimate of drug-likeness (QED) is 0.272. The molecule has 1 aromatic rings. The van der Waals surface area contributed by atoms with E-state index in [1.807, 2.05) is 6.92 Å². The van der Waals surface area contributed by atoms with E-state index in [4.69, 9.17) is 10.5 Å². The van der Waals surface area contributed by atoms with Crippen LogP contribution in [0.2, 0.25) is 0 Å². The van der Waals surface area contributed by atoms with Crippen LogP contribution in [0.25, 0.3) is 0 Å². The number of thioether (sulfide) groups is 1. The molecule has 1 rings (SSSR count). The molecule has 0 fully saturated rings. The second-order valence-electron chi connectivity index (χ2n) is 3.00. The number of nitro benzene ring substituents is 1. The minimum absolute atomic E-state index is 0.0102. The number of nitrogen functional groups attached to an aromatic ring is 1. The van der Waals surface area contributed by atoms with E-state index in [2.05, 4.69) is 0 Å². The van der Waals surface area contributed by atoms with Crippen molar-refractivity contribution < 1.29 is 9.66 Å². The number of nitro groups is 1. The van der Waals surface area contributed by atoms with Gasteiger partial charge in [0.2, 0.25) is 0 Å². The van der Waals surface area contributed by atoms with Gasteiger partial charge < -0.3 is 10.5 Å². The number of nitrogens with zero attached hydrogens (tertiary/aromatic N) is 1. The smallest absolute Gasteiger partial charge is 0.305 e. The molecular formula is C10H14N2O3S. The predicted molar refractivity (Wildman–Crippen MR) is 64.7 cm³/mol. The average Bonchev–Trinajstić information content (AvgIpc) is 2.24. The summed E-state index contributed by atoms with van der Waals surface area (Å²) in [6, 6.07) is 4.95. The molecule has 0 saturated carbocycles. The molecule has 0 atom stereocenters. The van der Waals surface area contributed by atoms with Crippen molar-refractivity contribution in [3.05, 3.63) is 28.3 Å². The van der Waals surface area contributed by atoms with Gasteiger partial charge >= 0.3 is 5.69 Å². The Morgan fingerprint density at radius 3 is 2.94 bits per heavy atom. The van der Waals surface area contributed by atoms with Crippen LogP contribution in [0.4, 0.5) is 11.4 Å². The van der Waals surface area contributed by atoms with Gasteiger partial charge in [0.15, 0.2) is 0 Å². The number of rotatable bonds is 6. The maximum Gasteiger partial charge on any atom is 0.305 e. The van der Waals surface area contributed by atoms with Crippen LogP contribution in [0.3, 0.4) is 0 Å². The molecule has 0 bridgehead atoms. The topological polar surface area (TPSA) is 78.4 Å². The molecule has 88 valence electrons. The van der Waals surface area contributed by atoms with Crippen LogP contribution < -0.4 is 5.73 Å². The zero-order chi connectivity index (χ0) is 12.0.